The molecular formula is C25H33N5O4S. The normalized spacial score (nSPS) is 15.4. The topological polar surface area (TPSA) is 99.8 Å². The molecule has 1 saturated heterocycles. The lowest BCUT2D eigenvalue weighted by Gasteiger charge is -2.33. The molecular weight excluding hydrogens is 466 g/mol. The van der Waals surface area contributed by atoms with Gasteiger partial charge in [0.1, 0.15) is 11.6 Å². The van der Waals surface area contributed by atoms with Crippen molar-refractivity contribution < 1.29 is 17.9 Å². The number of piperazine rings is 1. The molecule has 188 valence electrons. The molecule has 1 aromatic heterocycles. The van der Waals surface area contributed by atoms with E-state index in [0.717, 1.165) is 40.6 Å². The average Bonchev–Trinajstić information content (AvgIpc) is 3.32. The van der Waals surface area contributed by atoms with Gasteiger partial charge < -0.3 is 14.5 Å². The van der Waals surface area contributed by atoms with Gasteiger partial charge in [-0.25, -0.2) is 9.71 Å². The highest BCUT2D eigenvalue weighted by Gasteiger charge is 2.26. The van der Waals surface area contributed by atoms with Crippen molar-refractivity contribution in [2.24, 2.45) is 0 Å². The summed E-state index contributed by atoms with van der Waals surface area (Å²) in [5, 5.41) is 0. The molecule has 0 aliphatic carbocycles. The molecule has 35 heavy (non-hydrogen) atoms. The second kappa shape index (κ2) is 11.8. The van der Waals surface area contributed by atoms with E-state index in [1.54, 1.807) is 14.2 Å². The third kappa shape index (κ3) is 6.47. The highest BCUT2D eigenvalue weighted by Crippen LogP contribution is 2.28. The number of nitrogens with one attached hydrogen (secondary N) is 2. The minimum atomic E-state index is -3.55. The van der Waals surface area contributed by atoms with Crippen LogP contribution in [-0.2, 0) is 21.4 Å². The molecule has 0 spiro atoms. The first-order chi connectivity index (χ1) is 17.0. The van der Waals surface area contributed by atoms with Crippen LogP contribution >= 0.6 is 0 Å². The highest BCUT2D eigenvalue weighted by molar-refractivity contribution is 7.87. The molecule has 0 atom stereocenters. The van der Waals surface area contributed by atoms with E-state index in [1.807, 2.05) is 54.6 Å². The second-order valence-corrected chi connectivity index (χ2v) is 10.1. The SMILES string of the molecule is COCCN1CCN(S(=O)(=O)NCCc2[nH]c(-c3ccccc3)nc2-c2ccc(OC)cc2)CC1. The Balaban J connectivity index is 1.44. The maximum Gasteiger partial charge on any atom is 0.279 e. The van der Waals surface area contributed by atoms with Gasteiger partial charge in [0.15, 0.2) is 0 Å². The summed E-state index contributed by atoms with van der Waals surface area (Å²) in [5.41, 5.74) is 3.59. The van der Waals surface area contributed by atoms with E-state index in [4.69, 9.17) is 14.5 Å². The fourth-order valence-corrected chi connectivity index (χ4v) is 5.31. The number of hydrogen-bond donors (Lipinski definition) is 2. The first kappa shape index (κ1) is 25.3. The number of H-pyrrole nitrogens is 1. The van der Waals surface area contributed by atoms with Crippen molar-refractivity contribution in [1.82, 2.24) is 23.9 Å². The van der Waals surface area contributed by atoms with Crippen LogP contribution in [0.15, 0.2) is 54.6 Å². The zero-order valence-electron chi connectivity index (χ0n) is 20.2. The van der Waals surface area contributed by atoms with Gasteiger partial charge in [0.2, 0.25) is 0 Å². The maximum absolute atomic E-state index is 12.9. The van der Waals surface area contributed by atoms with Crippen LogP contribution in [0.2, 0.25) is 0 Å². The van der Waals surface area contributed by atoms with Crippen LogP contribution in [0.25, 0.3) is 22.6 Å². The lowest BCUT2D eigenvalue weighted by molar-refractivity contribution is 0.123. The number of methoxy groups -OCH3 is 2. The van der Waals surface area contributed by atoms with Gasteiger partial charge in [0.25, 0.3) is 10.2 Å². The number of imidazole rings is 1. The molecule has 1 aliphatic heterocycles. The monoisotopic (exact) mass is 499 g/mol. The molecule has 10 heteroatoms. The van der Waals surface area contributed by atoms with E-state index < -0.39 is 10.2 Å². The number of ether oxygens (including phenoxy) is 2. The van der Waals surface area contributed by atoms with Gasteiger partial charge in [0.05, 0.1) is 19.4 Å². The van der Waals surface area contributed by atoms with Crippen molar-refractivity contribution >= 4 is 10.2 Å². The molecule has 0 unspecified atom stereocenters. The average molecular weight is 500 g/mol. The van der Waals surface area contributed by atoms with Gasteiger partial charge in [-0.05, 0) is 24.3 Å². The Hall–Kier alpha value is -2.76. The van der Waals surface area contributed by atoms with E-state index >= 15 is 0 Å². The number of aromatic nitrogens is 2. The van der Waals surface area contributed by atoms with Gasteiger partial charge in [-0.3, -0.25) is 4.90 Å². The van der Waals surface area contributed by atoms with Gasteiger partial charge >= 0.3 is 0 Å². The Kier molecular flexibility index (Phi) is 8.53. The zero-order chi connectivity index (χ0) is 24.7. The fourth-order valence-electron chi connectivity index (χ4n) is 4.12. The van der Waals surface area contributed by atoms with Gasteiger partial charge in [0, 0.05) is 69.6 Å². The summed E-state index contributed by atoms with van der Waals surface area (Å²) >= 11 is 0. The van der Waals surface area contributed by atoms with Gasteiger partial charge in [-0.15, -0.1) is 0 Å². The van der Waals surface area contributed by atoms with Crippen molar-refractivity contribution in [1.29, 1.82) is 0 Å². The van der Waals surface area contributed by atoms with Crippen LogP contribution in [0.3, 0.4) is 0 Å². The number of aromatic amines is 1. The first-order valence-corrected chi connectivity index (χ1v) is 13.2. The standard InChI is InChI=1S/C25H33N5O4S/c1-33-19-18-29-14-16-30(17-15-29)35(31,32)26-13-12-23-24(20-8-10-22(34-2)11-9-20)28-25(27-23)21-6-4-3-5-7-21/h3-11,26H,12-19H2,1-2H3,(H,27,28). The van der Waals surface area contributed by atoms with Crippen LogP contribution < -0.4 is 9.46 Å². The number of nitrogens with zero attached hydrogens (tertiary/aromatic N) is 3. The molecule has 4 rings (SSSR count). The summed E-state index contributed by atoms with van der Waals surface area (Å²) in [7, 11) is -0.248. The Morgan fingerprint density at radius 3 is 2.34 bits per heavy atom. The van der Waals surface area contributed by atoms with Crippen LogP contribution in [0.5, 0.6) is 5.75 Å². The molecule has 0 radical (unpaired) electrons. The van der Waals surface area contributed by atoms with Crippen molar-refractivity contribution in [3.63, 3.8) is 0 Å². The molecule has 1 fully saturated rings. The molecule has 3 aromatic rings. The van der Waals surface area contributed by atoms with E-state index in [2.05, 4.69) is 14.6 Å². The Labute approximate surface area is 207 Å². The summed E-state index contributed by atoms with van der Waals surface area (Å²) in [6.45, 7) is 4.08. The minimum absolute atomic E-state index is 0.270. The van der Waals surface area contributed by atoms with Crippen molar-refractivity contribution in [2.75, 3.05) is 60.1 Å². The predicted molar refractivity (Wildman–Crippen MR) is 137 cm³/mol. The lowest BCUT2D eigenvalue weighted by atomic mass is 10.1. The summed E-state index contributed by atoms with van der Waals surface area (Å²) in [5.74, 6) is 1.52. The zero-order valence-corrected chi connectivity index (χ0v) is 21.1. The van der Waals surface area contributed by atoms with Crippen LogP contribution in [0.1, 0.15) is 5.69 Å². The largest absolute Gasteiger partial charge is 0.497 e. The minimum Gasteiger partial charge on any atom is -0.497 e. The highest BCUT2D eigenvalue weighted by atomic mass is 32.2. The molecule has 1 aliphatic rings. The van der Waals surface area contributed by atoms with E-state index in [-0.39, 0.29) is 6.54 Å². The molecule has 0 saturated carbocycles. The van der Waals surface area contributed by atoms with Crippen LogP contribution in [0, 0.1) is 0 Å². The Morgan fingerprint density at radius 2 is 1.69 bits per heavy atom. The van der Waals surface area contributed by atoms with E-state index in [9.17, 15) is 8.42 Å². The van der Waals surface area contributed by atoms with Gasteiger partial charge in [-0.1, -0.05) is 30.3 Å². The van der Waals surface area contributed by atoms with Crippen molar-refractivity contribution in [3.8, 4) is 28.4 Å². The summed E-state index contributed by atoms with van der Waals surface area (Å²) in [6.07, 6.45) is 0.480. The van der Waals surface area contributed by atoms with Crippen molar-refractivity contribution in [2.45, 2.75) is 6.42 Å². The third-order valence-electron chi connectivity index (χ3n) is 6.13. The lowest BCUT2D eigenvalue weighted by Crippen LogP contribution is -2.52. The molecule has 2 N–H and O–H groups in total. The van der Waals surface area contributed by atoms with Crippen LogP contribution in [0.4, 0.5) is 0 Å². The third-order valence-corrected chi connectivity index (χ3v) is 7.75. The fraction of sp³-hybridized carbons (Fsp3) is 0.400. The number of rotatable bonds is 11. The number of hydrogen-bond acceptors (Lipinski definition) is 6. The van der Waals surface area contributed by atoms with E-state index in [0.29, 0.717) is 39.2 Å². The quantitative estimate of drug-likeness (QED) is 0.420. The molecule has 0 bridgehead atoms. The predicted octanol–water partition coefficient (Wildman–Crippen LogP) is 2.39. The smallest absolute Gasteiger partial charge is 0.279 e. The maximum atomic E-state index is 12.9. The number of benzene rings is 2. The summed E-state index contributed by atoms with van der Waals surface area (Å²) < 4.78 is 40.4. The summed E-state index contributed by atoms with van der Waals surface area (Å²) in [4.78, 5) is 10.5. The van der Waals surface area contributed by atoms with Gasteiger partial charge in [-0.2, -0.15) is 12.7 Å². The van der Waals surface area contributed by atoms with Crippen LogP contribution in [-0.4, -0.2) is 87.7 Å². The molecule has 0 amide bonds. The Morgan fingerprint density at radius 1 is 0.971 bits per heavy atom. The Bertz CT molecular complexity index is 1170. The van der Waals surface area contributed by atoms with E-state index in [1.165, 1.54) is 4.31 Å². The first-order valence-electron chi connectivity index (χ1n) is 11.7. The summed E-state index contributed by atoms with van der Waals surface area (Å²) in [6, 6.07) is 17.6. The molecule has 9 nitrogen and oxygen atoms in total. The molecule has 2 aromatic carbocycles. The van der Waals surface area contributed by atoms with Crippen molar-refractivity contribution in [3.05, 3.63) is 60.3 Å². The molecule has 2 heterocycles. The second-order valence-electron chi connectivity index (χ2n) is 8.39.